The smallest absolute Gasteiger partial charge is 0.326 e. The third-order valence-corrected chi connectivity index (χ3v) is 12.7. The van der Waals surface area contributed by atoms with E-state index in [9.17, 15) is 77.6 Å². The number of carbonyl (C=O) groups is 13. The van der Waals surface area contributed by atoms with Gasteiger partial charge in [-0.15, -0.1) is 0 Å². The van der Waals surface area contributed by atoms with Crippen molar-refractivity contribution in [2.75, 3.05) is 19.7 Å². The first kappa shape index (κ1) is 75.6. The normalized spacial score (nSPS) is 14.9. The number of guanidine groups is 2. The summed E-state index contributed by atoms with van der Waals surface area (Å²) in [5, 5.41) is 59.4. The van der Waals surface area contributed by atoms with Gasteiger partial charge in [0.25, 0.3) is 0 Å². The molecule has 0 spiro atoms. The molecule has 0 aromatic heterocycles. The highest BCUT2D eigenvalue weighted by Crippen LogP contribution is 2.14. The van der Waals surface area contributed by atoms with Crippen molar-refractivity contribution in [3.63, 3.8) is 0 Å². The van der Waals surface area contributed by atoms with Gasteiger partial charge in [0.2, 0.25) is 59.1 Å². The molecule has 0 rings (SSSR count). The number of primary amides is 1. The number of amides is 10. The maximum Gasteiger partial charge on any atom is 0.326 e. The topological polar surface area (TPSA) is 592 Å². The molecule has 11 atom stereocenters. The predicted molar refractivity (Wildman–Crippen MR) is 301 cm³/mol. The Hall–Kier alpha value is -8.43. The van der Waals surface area contributed by atoms with Gasteiger partial charge < -0.3 is 103 Å². The summed E-state index contributed by atoms with van der Waals surface area (Å²) in [6.45, 7) is 10.5. The molecule has 0 bridgehead atoms. The molecule has 0 radical (unpaired) electrons. The largest absolute Gasteiger partial charge is 0.481 e. The van der Waals surface area contributed by atoms with E-state index in [1.807, 2.05) is 0 Å². The van der Waals surface area contributed by atoms with Crippen molar-refractivity contribution < 1.29 is 82.8 Å². The number of aliphatic carboxylic acids is 3. The molecular weight excluding hydrogens is 1110 g/mol. The van der Waals surface area contributed by atoms with Crippen LogP contribution in [-0.2, 0) is 62.3 Å². The Balaban J connectivity index is 7.06. The van der Waals surface area contributed by atoms with Crippen LogP contribution in [0.4, 0.5) is 0 Å². The average molecular weight is 1200 g/mol. The van der Waals surface area contributed by atoms with E-state index in [1.54, 1.807) is 41.5 Å². The molecule has 34 heteroatoms. The average Bonchev–Trinajstić information content (AvgIpc) is 3.59. The number of rotatable bonds is 42. The molecule has 10 amide bonds. The molecule has 0 aromatic carbocycles. The van der Waals surface area contributed by atoms with E-state index in [1.165, 1.54) is 6.92 Å². The number of hydrogen-bond acceptors (Lipinski definition) is 17. The van der Waals surface area contributed by atoms with Gasteiger partial charge in [0.15, 0.2) is 11.9 Å². The third-order valence-electron chi connectivity index (χ3n) is 12.7. The molecule has 34 nitrogen and oxygen atoms in total. The minimum absolute atomic E-state index is 0.00735. The second kappa shape index (κ2) is 39.1. The highest BCUT2D eigenvalue weighted by Gasteiger charge is 2.37. The molecule has 0 fully saturated rings. The summed E-state index contributed by atoms with van der Waals surface area (Å²) < 4.78 is 0. The van der Waals surface area contributed by atoms with E-state index in [4.69, 9.17) is 39.5 Å². The SMILES string of the molecule is CC[C@H](C)[C@H](NC(=O)[C@H](CC(C)C)NC(=O)[C@H](CCCN=C(N)N)NC(=O)[C@H](C)NC(=O)[C@@H](NC(=O)[C@@H](N)CO)C(C)C)C(=O)N[C@@H](CCCN=C(N)N)C(=O)N[C@@H](CCC(N)=O)C(=O)N[C@@H](CCC(=O)O)C(=O)N[C@@H](CCC(=O)O)C(=O)O. The van der Waals surface area contributed by atoms with Crippen LogP contribution in [0.25, 0.3) is 0 Å². The molecule has 0 heterocycles. The van der Waals surface area contributed by atoms with Gasteiger partial charge in [0.1, 0.15) is 60.4 Å². The molecule has 84 heavy (non-hydrogen) atoms. The van der Waals surface area contributed by atoms with Gasteiger partial charge in [-0.05, 0) is 76.0 Å². The van der Waals surface area contributed by atoms with Gasteiger partial charge in [-0.3, -0.25) is 67.5 Å². The van der Waals surface area contributed by atoms with Gasteiger partial charge in [0, 0.05) is 32.4 Å². The summed E-state index contributed by atoms with van der Waals surface area (Å²) >= 11 is 0. The zero-order chi connectivity index (χ0) is 64.6. The van der Waals surface area contributed by atoms with Crippen LogP contribution in [0.3, 0.4) is 0 Å². The number of aliphatic hydroxyl groups excluding tert-OH is 1. The fraction of sp³-hybridized carbons (Fsp3) is 0.700. The Morgan fingerprint density at radius 2 is 0.810 bits per heavy atom. The number of carbonyl (C=O) groups excluding carboxylic acids is 10. The van der Waals surface area contributed by atoms with Crippen molar-refractivity contribution in [1.29, 1.82) is 0 Å². The fourth-order valence-electron chi connectivity index (χ4n) is 7.72. The summed E-state index contributed by atoms with van der Waals surface area (Å²) in [6.07, 6.45) is -3.73. The summed E-state index contributed by atoms with van der Waals surface area (Å²) in [6, 6.07) is -14.9. The van der Waals surface area contributed by atoms with Crippen LogP contribution in [0.2, 0.25) is 0 Å². The number of aliphatic hydroxyl groups is 1. The maximum absolute atomic E-state index is 14.4. The lowest BCUT2D eigenvalue weighted by atomic mass is 9.96. The molecule has 0 saturated heterocycles. The van der Waals surface area contributed by atoms with Crippen LogP contribution in [0.15, 0.2) is 9.98 Å². The van der Waals surface area contributed by atoms with E-state index in [-0.39, 0.29) is 69.5 Å². The first-order chi connectivity index (χ1) is 39.1. The maximum atomic E-state index is 14.4. The van der Waals surface area contributed by atoms with Gasteiger partial charge in [0.05, 0.1) is 6.61 Å². The van der Waals surface area contributed by atoms with Crippen molar-refractivity contribution in [2.24, 2.45) is 62.1 Å². The zero-order valence-electron chi connectivity index (χ0n) is 48.6. The summed E-state index contributed by atoms with van der Waals surface area (Å²) in [5.74, 6) is -16.1. The molecule has 476 valence electrons. The fourth-order valence-corrected chi connectivity index (χ4v) is 7.72. The summed E-state index contributed by atoms with van der Waals surface area (Å²) in [4.78, 5) is 178. The van der Waals surface area contributed by atoms with Gasteiger partial charge in [-0.2, -0.15) is 0 Å². The highest BCUT2D eigenvalue weighted by atomic mass is 16.4. The molecule has 0 aliphatic carbocycles. The summed E-state index contributed by atoms with van der Waals surface area (Å²) in [5.41, 5.74) is 32.9. The number of hydrogen-bond donors (Lipinski definition) is 19. The monoisotopic (exact) mass is 1200 g/mol. The van der Waals surface area contributed by atoms with Crippen molar-refractivity contribution in [3.05, 3.63) is 0 Å². The minimum Gasteiger partial charge on any atom is -0.481 e. The standard InChI is InChI=1S/C50H89N17O17/c1-8-25(6)38(67-45(80)33(21-23(2)3)65-42(77)28(11-9-19-57-49(53)54)60-39(74)26(7)59-46(81)37(24(4)5)66-40(75)27(51)22-68)47(82)63-29(12-10-20-58-50(55)56)41(76)61-30(13-16-34(52)69)43(78)62-31(14-17-35(70)71)44(79)64-32(48(83)84)15-18-36(72)73/h23-33,37-38,68H,8-22,51H2,1-7H3,(H2,52,69)(H,59,81)(H,60,74)(H,61,76)(H,62,78)(H,63,82)(H,64,79)(H,65,77)(H,66,75)(H,67,80)(H,70,71)(H,72,73)(H,83,84)(H4,53,54,57)(H4,55,56,58)/t25-,26-,27-,28-,29-,30-,31-,32-,33-,37-,38-/m0/s1. The number of carboxylic acid groups (broad SMARTS) is 3. The molecule has 0 saturated carbocycles. The van der Waals surface area contributed by atoms with E-state index in [0.29, 0.717) is 0 Å². The van der Waals surface area contributed by atoms with Gasteiger partial charge in [-0.1, -0.05) is 48.0 Å². The third kappa shape index (κ3) is 30.6. The van der Waals surface area contributed by atoms with Crippen LogP contribution in [0, 0.1) is 17.8 Å². The van der Waals surface area contributed by atoms with E-state index >= 15 is 0 Å². The number of nitrogens with one attached hydrogen (secondary N) is 9. The lowest BCUT2D eigenvalue weighted by molar-refractivity contribution is -0.144. The predicted octanol–water partition coefficient (Wildman–Crippen LogP) is -6.38. The number of aliphatic imine (C=N–C) groups is 2. The minimum atomic E-state index is -1.79. The lowest BCUT2D eigenvalue weighted by Gasteiger charge is -2.30. The summed E-state index contributed by atoms with van der Waals surface area (Å²) in [7, 11) is 0. The van der Waals surface area contributed by atoms with Crippen molar-refractivity contribution in [2.45, 2.75) is 186 Å². The highest BCUT2D eigenvalue weighted by molar-refractivity contribution is 5.99. The van der Waals surface area contributed by atoms with Crippen molar-refractivity contribution >= 4 is 88.9 Å². The first-order valence-electron chi connectivity index (χ1n) is 27.3. The molecular formula is C50H89N17O17. The Labute approximate surface area is 486 Å². The second-order valence-electron chi connectivity index (χ2n) is 20.7. The van der Waals surface area contributed by atoms with Crippen LogP contribution in [-0.4, -0.2) is 189 Å². The molecule has 25 N–H and O–H groups in total. The van der Waals surface area contributed by atoms with Gasteiger partial charge >= 0.3 is 17.9 Å². The van der Waals surface area contributed by atoms with Crippen molar-refractivity contribution in [3.8, 4) is 0 Å². The van der Waals surface area contributed by atoms with E-state index in [0.717, 1.165) is 0 Å². The number of nitrogens with zero attached hydrogens (tertiary/aromatic N) is 2. The lowest BCUT2D eigenvalue weighted by Crippen LogP contribution is -2.61. The Kier molecular flexibility index (Phi) is 35.2. The van der Waals surface area contributed by atoms with Crippen molar-refractivity contribution in [1.82, 2.24) is 47.9 Å². The first-order valence-corrected chi connectivity index (χ1v) is 27.3. The molecule has 0 aliphatic rings. The van der Waals surface area contributed by atoms with Crippen LogP contribution in [0.1, 0.15) is 126 Å². The molecule has 0 aromatic rings. The van der Waals surface area contributed by atoms with Crippen LogP contribution < -0.4 is 82.3 Å². The van der Waals surface area contributed by atoms with Crippen LogP contribution >= 0.6 is 0 Å². The molecule has 0 aliphatic heterocycles. The van der Waals surface area contributed by atoms with E-state index < -0.39 is 194 Å². The van der Waals surface area contributed by atoms with E-state index in [2.05, 4.69) is 57.8 Å². The Morgan fingerprint density at radius 3 is 1.20 bits per heavy atom. The zero-order valence-corrected chi connectivity index (χ0v) is 48.6. The van der Waals surface area contributed by atoms with Gasteiger partial charge in [-0.25, -0.2) is 4.79 Å². The number of carboxylic acids is 3. The second-order valence-corrected chi connectivity index (χ2v) is 20.7. The Bertz CT molecular complexity index is 2330. The van der Waals surface area contributed by atoms with Crippen LogP contribution in [0.5, 0.6) is 0 Å². The quantitative estimate of drug-likeness (QED) is 0.0154. The Morgan fingerprint density at radius 1 is 0.440 bits per heavy atom. The number of nitrogens with two attached hydrogens (primary N) is 6. The molecule has 0 unspecified atom stereocenters.